The smallest absolute Gasteiger partial charge is 0.231 e. The molecule has 0 saturated heterocycles. The van der Waals surface area contributed by atoms with Crippen LogP contribution in [0.1, 0.15) is 35.3 Å². The molecule has 1 N–H and O–H groups in total. The second-order valence-corrected chi connectivity index (χ2v) is 7.65. The van der Waals surface area contributed by atoms with Crippen molar-refractivity contribution >= 4 is 0 Å². The van der Waals surface area contributed by atoms with E-state index in [0.29, 0.717) is 12.2 Å². The van der Waals surface area contributed by atoms with Gasteiger partial charge in [0.25, 0.3) is 0 Å². The fourth-order valence-electron chi connectivity index (χ4n) is 4.19. The average Bonchev–Trinajstić information content (AvgIpc) is 3.11. The normalized spacial score (nSPS) is 21.2. The summed E-state index contributed by atoms with van der Waals surface area (Å²) in [5.41, 5.74) is 3.32. The van der Waals surface area contributed by atoms with E-state index in [1.54, 1.807) is 7.11 Å². The van der Waals surface area contributed by atoms with Crippen LogP contribution in [0.4, 0.5) is 0 Å². The van der Waals surface area contributed by atoms with Gasteiger partial charge < -0.3 is 23.8 Å². The summed E-state index contributed by atoms with van der Waals surface area (Å²) in [6.45, 7) is 1.23. The Balaban J connectivity index is 1.77. The lowest BCUT2D eigenvalue weighted by molar-refractivity contribution is -0.924. The van der Waals surface area contributed by atoms with Gasteiger partial charge in [0, 0.05) is 12.8 Å². The van der Waals surface area contributed by atoms with Crippen LogP contribution in [0.15, 0.2) is 36.4 Å². The van der Waals surface area contributed by atoms with Crippen LogP contribution in [0, 0.1) is 0 Å². The Morgan fingerprint density at radius 1 is 1.23 bits per heavy atom. The molecule has 2 aromatic carbocycles. The number of aliphatic hydroxyl groups is 1. The van der Waals surface area contributed by atoms with E-state index >= 15 is 0 Å². The lowest BCUT2D eigenvalue weighted by Gasteiger charge is -2.44. The SMILES string of the molecule is COc1c2c(cc3c1[C@H](C[C@H](O)c1ccccc1)[N+](C)(C)CC3)OCO2. The molecule has 4 rings (SSSR count). The maximum absolute atomic E-state index is 10.9. The van der Waals surface area contributed by atoms with Crippen LogP contribution >= 0.6 is 0 Å². The molecule has 0 fully saturated rings. The first-order valence-corrected chi connectivity index (χ1v) is 9.06. The topological polar surface area (TPSA) is 47.9 Å². The maximum atomic E-state index is 10.9. The van der Waals surface area contributed by atoms with Crippen LogP contribution in [0.2, 0.25) is 0 Å². The van der Waals surface area contributed by atoms with Crippen LogP contribution in [-0.4, -0.2) is 44.1 Å². The molecule has 0 bridgehead atoms. The third kappa shape index (κ3) is 2.81. The highest BCUT2D eigenvalue weighted by Crippen LogP contribution is 2.52. The fourth-order valence-corrected chi connectivity index (χ4v) is 4.19. The molecule has 0 radical (unpaired) electrons. The number of hydrogen-bond donors (Lipinski definition) is 1. The van der Waals surface area contributed by atoms with Gasteiger partial charge in [0.2, 0.25) is 12.5 Å². The molecule has 0 aliphatic carbocycles. The van der Waals surface area contributed by atoms with E-state index in [1.807, 2.05) is 30.3 Å². The van der Waals surface area contributed by atoms with Gasteiger partial charge in [-0.2, -0.15) is 0 Å². The van der Waals surface area contributed by atoms with Crippen molar-refractivity contribution in [1.82, 2.24) is 0 Å². The monoisotopic (exact) mass is 356 g/mol. The van der Waals surface area contributed by atoms with Crippen LogP contribution in [0.5, 0.6) is 17.2 Å². The Bertz CT molecular complexity index is 803. The van der Waals surface area contributed by atoms with Crippen molar-refractivity contribution in [3.05, 3.63) is 53.1 Å². The number of rotatable bonds is 4. The number of methoxy groups -OCH3 is 1. The number of aliphatic hydroxyl groups excluding tert-OH is 1. The molecule has 0 unspecified atom stereocenters. The molecule has 0 amide bonds. The Labute approximate surface area is 154 Å². The maximum Gasteiger partial charge on any atom is 0.231 e. The molecule has 2 heterocycles. The van der Waals surface area contributed by atoms with Gasteiger partial charge in [-0.1, -0.05) is 30.3 Å². The highest BCUT2D eigenvalue weighted by atomic mass is 16.7. The molecular formula is C21H26NO4+. The number of ether oxygens (including phenoxy) is 3. The third-order valence-corrected chi connectivity index (χ3v) is 5.71. The lowest BCUT2D eigenvalue weighted by Crippen LogP contribution is -2.48. The molecule has 5 nitrogen and oxygen atoms in total. The van der Waals surface area contributed by atoms with E-state index in [4.69, 9.17) is 14.2 Å². The van der Waals surface area contributed by atoms with Gasteiger partial charge in [0.05, 0.1) is 39.4 Å². The summed E-state index contributed by atoms with van der Waals surface area (Å²) in [5.74, 6) is 2.20. The fraction of sp³-hybridized carbons (Fsp3) is 0.429. The van der Waals surface area contributed by atoms with Crippen molar-refractivity contribution in [3.8, 4) is 17.2 Å². The molecule has 0 spiro atoms. The van der Waals surface area contributed by atoms with Crippen LogP contribution in [0.3, 0.4) is 0 Å². The minimum atomic E-state index is -0.528. The van der Waals surface area contributed by atoms with Crippen molar-refractivity contribution in [2.24, 2.45) is 0 Å². The van der Waals surface area contributed by atoms with E-state index in [9.17, 15) is 5.11 Å². The van der Waals surface area contributed by atoms with Crippen LogP contribution < -0.4 is 14.2 Å². The quantitative estimate of drug-likeness (QED) is 0.855. The second kappa shape index (κ2) is 6.49. The van der Waals surface area contributed by atoms with Crippen LogP contribution in [0.25, 0.3) is 0 Å². The molecular weight excluding hydrogens is 330 g/mol. The first-order valence-electron chi connectivity index (χ1n) is 9.06. The lowest BCUT2D eigenvalue weighted by atomic mass is 9.85. The Hall–Kier alpha value is -2.24. The van der Waals surface area contributed by atoms with E-state index < -0.39 is 6.10 Å². The van der Waals surface area contributed by atoms with E-state index in [1.165, 1.54) is 5.56 Å². The predicted molar refractivity (Wildman–Crippen MR) is 98.6 cm³/mol. The Morgan fingerprint density at radius 2 is 2.00 bits per heavy atom. The van der Waals surface area contributed by atoms with E-state index in [0.717, 1.165) is 40.1 Å². The summed E-state index contributed by atoms with van der Waals surface area (Å²) >= 11 is 0. The zero-order valence-electron chi connectivity index (χ0n) is 15.6. The minimum Gasteiger partial charge on any atom is -0.492 e. The van der Waals surface area contributed by atoms with Gasteiger partial charge >= 0.3 is 0 Å². The van der Waals surface area contributed by atoms with Crippen molar-refractivity contribution < 1.29 is 23.8 Å². The van der Waals surface area contributed by atoms with Crippen molar-refractivity contribution in [2.75, 3.05) is 34.5 Å². The standard InChI is InChI=1S/C21H26NO4/c1-22(2)10-9-15-11-18-20(26-13-25-18)21(24-3)19(15)16(22)12-17(23)14-7-5-4-6-8-14/h4-8,11,16-17,23H,9-10,12-13H2,1-3H3/q+1/t16-,17-/m0/s1. The Morgan fingerprint density at radius 3 is 2.73 bits per heavy atom. The molecule has 2 aliphatic rings. The predicted octanol–water partition coefficient (Wildman–Crippen LogP) is 3.22. The summed E-state index contributed by atoms with van der Waals surface area (Å²) in [5, 5.41) is 10.9. The van der Waals surface area contributed by atoms with E-state index in [2.05, 4.69) is 20.2 Å². The van der Waals surface area contributed by atoms with Gasteiger partial charge in [-0.25, -0.2) is 0 Å². The highest BCUT2D eigenvalue weighted by Gasteiger charge is 2.42. The summed E-state index contributed by atoms with van der Waals surface area (Å²) in [6, 6.07) is 12.0. The van der Waals surface area contributed by atoms with Gasteiger partial charge in [-0.3, -0.25) is 0 Å². The van der Waals surface area contributed by atoms with Crippen molar-refractivity contribution in [3.63, 3.8) is 0 Å². The first-order chi connectivity index (χ1) is 12.5. The largest absolute Gasteiger partial charge is 0.492 e. The summed E-state index contributed by atoms with van der Waals surface area (Å²) in [6.07, 6.45) is 1.05. The number of benzene rings is 2. The van der Waals surface area contributed by atoms with E-state index in [-0.39, 0.29) is 12.8 Å². The number of nitrogens with zero attached hydrogens (tertiary/aromatic N) is 1. The summed E-state index contributed by atoms with van der Waals surface area (Å²) < 4.78 is 17.8. The summed E-state index contributed by atoms with van der Waals surface area (Å²) in [7, 11) is 6.11. The zero-order valence-corrected chi connectivity index (χ0v) is 15.6. The number of fused-ring (bicyclic) bond motifs is 2. The number of quaternary nitrogens is 1. The molecule has 2 aromatic rings. The first kappa shape index (κ1) is 17.2. The molecule has 0 aromatic heterocycles. The second-order valence-electron chi connectivity index (χ2n) is 7.65. The molecule has 0 saturated carbocycles. The number of likely N-dealkylation sites (N-methyl/N-ethyl adjacent to an activating group) is 1. The van der Waals surface area contributed by atoms with Crippen LogP contribution in [-0.2, 0) is 6.42 Å². The zero-order chi connectivity index (χ0) is 18.3. The molecule has 2 atom stereocenters. The van der Waals surface area contributed by atoms with Crippen molar-refractivity contribution in [1.29, 1.82) is 0 Å². The molecule has 5 heteroatoms. The minimum absolute atomic E-state index is 0.110. The number of hydrogen-bond acceptors (Lipinski definition) is 4. The highest BCUT2D eigenvalue weighted by molar-refractivity contribution is 5.61. The summed E-state index contributed by atoms with van der Waals surface area (Å²) in [4.78, 5) is 0. The Kier molecular flexibility index (Phi) is 4.29. The molecule has 138 valence electrons. The molecule has 26 heavy (non-hydrogen) atoms. The average molecular weight is 356 g/mol. The van der Waals surface area contributed by atoms with Gasteiger partial charge in [0.15, 0.2) is 11.5 Å². The van der Waals surface area contributed by atoms with Gasteiger partial charge in [0.1, 0.15) is 6.04 Å². The van der Waals surface area contributed by atoms with Gasteiger partial charge in [-0.05, 0) is 17.2 Å². The van der Waals surface area contributed by atoms with Gasteiger partial charge in [-0.15, -0.1) is 0 Å². The van der Waals surface area contributed by atoms with Crippen molar-refractivity contribution in [2.45, 2.75) is 25.0 Å². The molecule has 2 aliphatic heterocycles. The third-order valence-electron chi connectivity index (χ3n) is 5.71.